The highest BCUT2D eigenvalue weighted by molar-refractivity contribution is 5.88. The molecule has 0 saturated heterocycles. The summed E-state index contributed by atoms with van der Waals surface area (Å²) in [7, 11) is 0. The van der Waals surface area contributed by atoms with Crippen molar-refractivity contribution in [2.75, 3.05) is 0 Å². The first kappa shape index (κ1) is 41.6. The molecule has 5 aromatic rings. The van der Waals surface area contributed by atoms with Gasteiger partial charge in [-0.25, -0.2) is 35.1 Å². The number of halogens is 14. The Morgan fingerprint density at radius 2 is 0.707 bits per heavy atom. The lowest BCUT2D eigenvalue weighted by Crippen LogP contribution is -2.22. The molecule has 5 rings (SSSR count). The summed E-state index contributed by atoms with van der Waals surface area (Å²) in [6, 6.07) is 11.3. The van der Waals surface area contributed by atoms with Crippen LogP contribution in [0.1, 0.15) is 22.3 Å². The number of ether oxygens (including phenoxy) is 2. The van der Waals surface area contributed by atoms with Crippen molar-refractivity contribution in [2.24, 2.45) is 0 Å². The summed E-state index contributed by atoms with van der Waals surface area (Å²) >= 11 is 0. The summed E-state index contributed by atoms with van der Waals surface area (Å²) in [6.07, 6.45) is -10.5. The highest BCUT2D eigenvalue weighted by atomic mass is 19.4. The molecule has 0 aliphatic rings. The third-order valence-corrected chi connectivity index (χ3v) is 7.97. The molecule has 0 aromatic heterocycles. The largest absolute Gasteiger partial charge is 0.573 e. The van der Waals surface area contributed by atoms with Crippen LogP contribution in [0.15, 0.2) is 60.7 Å². The molecule has 58 heavy (non-hydrogen) atoms. The predicted molar refractivity (Wildman–Crippen MR) is 168 cm³/mol. The fourth-order valence-electron chi connectivity index (χ4n) is 5.56. The maximum absolute atomic E-state index is 15.5. The molecule has 5 aromatic carbocycles. The van der Waals surface area contributed by atoms with Crippen LogP contribution in [0.5, 0.6) is 11.5 Å². The van der Waals surface area contributed by atoms with Crippen LogP contribution in [-0.2, 0) is 0 Å². The average Bonchev–Trinajstić information content (AvgIpc) is 3.16. The van der Waals surface area contributed by atoms with E-state index in [1.807, 2.05) is 0 Å². The zero-order chi connectivity index (χ0) is 43.0. The van der Waals surface area contributed by atoms with Gasteiger partial charge in [0.25, 0.3) is 0 Å². The zero-order valence-electron chi connectivity index (χ0n) is 27.7. The van der Waals surface area contributed by atoms with Crippen molar-refractivity contribution in [3.8, 4) is 58.0 Å². The molecule has 6 nitrogen and oxygen atoms in total. The second kappa shape index (κ2) is 15.5. The quantitative estimate of drug-likeness (QED) is 0.125. The zero-order valence-corrected chi connectivity index (χ0v) is 27.7. The highest BCUT2D eigenvalue weighted by Crippen LogP contribution is 2.33. The molecule has 0 aliphatic heterocycles. The lowest BCUT2D eigenvalue weighted by molar-refractivity contribution is -0.275. The van der Waals surface area contributed by atoms with E-state index in [0.29, 0.717) is 36.4 Å². The smallest absolute Gasteiger partial charge is 0.406 e. The van der Waals surface area contributed by atoms with Crippen molar-refractivity contribution >= 4 is 11.1 Å². The van der Waals surface area contributed by atoms with E-state index in [1.165, 1.54) is 12.1 Å². The SMILES string of the molecule is N#C/C(c1c(F)c(F)c(C#N)c(F)c1F)=c1/cc(-c2ccc(OC(F)(F)F)cc2)/c(=C(\C#N)c2c(F)c(F)c(C#N)c(F)c2F)cc1-c1ccc(OC(F)(F)F)cc1. The van der Waals surface area contributed by atoms with Crippen molar-refractivity contribution in [2.45, 2.75) is 12.7 Å². The van der Waals surface area contributed by atoms with E-state index in [2.05, 4.69) is 9.47 Å². The van der Waals surface area contributed by atoms with Gasteiger partial charge in [0.1, 0.15) is 46.9 Å². The van der Waals surface area contributed by atoms with Crippen LogP contribution in [0.4, 0.5) is 61.5 Å². The van der Waals surface area contributed by atoms with E-state index in [9.17, 15) is 54.4 Å². The number of nitrogens with zero attached hydrogens (tertiary/aromatic N) is 4. The number of rotatable bonds is 6. The Morgan fingerprint density at radius 3 is 0.931 bits per heavy atom. The maximum atomic E-state index is 15.5. The molecule has 0 spiro atoms. The van der Waals surface area contributed by atoms with Crippen molar-refractivity contribution in [1.29, 1.82) is 21.0 Å². The van der Waals surface area contributed by atoms with E-state index in [1.54, 1.807) is 0 Å². The monoisotopic (exact) mass is 820 g/mol. The number of hydrogen-bond acceptors (Lipinski definition) is 6. The minimum atomic E-state index is -5.25. The lowest BCUT2D eigenvalue weighted by atomic mass is 9.88. The molecular weight excluding hydrogens is 810 g/mol. The maximum Gasteiger partial charge on any atom is 0.573 e. The summed E-state index contributed by atoms with van der Waals surface area (Å²) < 4.78 is 207. The Balaban J connectivity index is 2.10. The van der Waals surface area contributed by atoms with Gasteiger partial charge in [0, 0.05) is 10.4 Å². The Labute approximate surface area is 313 Å². The van der Waals surface area contributed by atoms with Gasteiger partial charge >= 0.3 is 12.7 Å². The first-order chi connectivity index (χ1) is 27.2. The second-order valence-corrected chi connectivity index (χ2v) is 11.3. The van der Waals surface area contributed by atoms with Crippen LogP contribution in [0.3, 0.4) is 0 Å². The second-order valence-electron chi connectivity index (χ2n) is 11.3. The van der Waals surface area contributed by atoms with Gasteiger partial charge in [-0.1, -0.05) is 24.3 Å². The standard InChI is InChI=1S/C38H10F14N4O2/c39-29-25(13-55)30(40)34(44)27(33(29)43)23(11-53)21-10-20(16-3-7-18(8-4-16)58-38(50,51)52)22(9-19(21)15-1-5-17(6-2-15)57-37(47,48)49)24(12-54)28-35(45)31(41)26(14-56)32(42)36(28)46/h1-10H/b23-21+,24-22+. The van der Waals surface area contributed by atoms with E-state index in [0.717, 1.165) is 36.4 Å². The molecule has 0 fully saturated rings. The molecule has 0 atom stereocenters. The summed E-state index contributed by atoms with van der Waals surface area (Å²) in [4.78, 5) is 0. The summed E-state index contributed by atoms with van der Waals surface area (Å²) in [5.74, 6) is -20.3. The van der Waals surface area contributed by atoms with Crippen LogP contribution < -0.4 is 19.9 Å². The molecule has 292 valence electrons. The molecule has 0 heterocycles. The number of hydrogen-bond donors (Lipinski definition) is 0. The van der Waals surface area contributed by atoms with Gasteiger partial charge in [-0.2, -0.15) is 21.0 Å². The number of nitriles is 4. The van der Waals surface area contributed by atoms with Gasteiger partial charge in [0.15, 0.2) is 46.5 Å². The van der Waals surface area contributed by atoms with Crippen LogP contribution in [0, 0.1) is 91.9 Å². The van der Waals surface area contributed by atoms with E-state index in [4.69, 9.17) is 10.5 Å². The minimum absolute atomic E-state index is 0.426. The van der Waals surface area contributed by atoms with Crippen molar-refractivity contribution in [3.63, 3.8) is 0 Å². The van der Waals surface area contributed by atoms with Crippen LogP contribution in [0.25, 0.3) is 33.4 Å². The predicted octanol–water partition coefficient (Wildman–Crippen LogP) is 9.12. The van der Waals surface area contributed by atoms with Crippen LogP contribution in [0.2, 0.25) is 0 Å². The fraction of sp³-hybridized carbons (Fsp3) is 0.0526. The van der Waals surface area contributed by atoms with Crippen molar-refractivity contribution < 1.29 is 70.9 Å². The van der Waals surface area contributed by atoms with Crippen molar-refractivity contribution in [1.82, 2.24) is 0 Å². The highest BCUT2D eigenvalue weighted by Gasteiger charge is 2.33. The Bertz CT molecular complexity index is 2570. The third kappa shape index (κ3) is 7.76. The Kier molecular flexibility index (Phi) is 11.1. The van der Waals surface area contributed by atoms with E-state index in [-0.39, 0.29) is 0 Å². The molecule has 0 N–H and O–H groups in total. The lowest BCUT2D eigenvalue weighted by Gasteiger charge is -2.15. The van der Waals surface area contributed by atoms with Gasteiger partial charge in [0.2, 0.25) is 0 Å². The molecule has 0 radical (unpaired) electrons. The topological polar surface area (TPSA) is 114 Å². The molecule has 0 saturated carbocycles. The number of alkyl halides is 6. The normalized spacial score (nSPS) is 12.4. The van der Waals surface area contributed by atoms with E-state index < -0.39 is 137 Å². The molecule has 0 bridgehead atoms. The van der Waals surface area contributed by atoms with Gasteiger partial charge in [0.05, 0.1) is 22.3 Å². The Hall–Kier alpha value is -7.58. The molecular formula is C38H10F14N4O2. The van der Waals surface area contributed by atoms with Crippen molar-refractivity contribution in [3.05, 3.63) is 140 Å². The summed E-state index contributed by atoms with van der Waals surface area (Å²) in [5, 5.41) is 36.9. The molecule has 0 amide bonds. The summed E-state index contributed by atoms with van der Waals surface area (Å²) in [5.41, 5.74) is -12.1. The molecule has 0 aliphatic carbocycles. The molecule has 0 unspecified atom stereocenters. The minimum Gasteiger partial charge on any atom is -0.406 e. The first-order valence-corrected chi connectivity index (χ1v) is 15.2. The van der Waals surface area contributed by atoms with E-state index >= 15 is 17.6 Å². The Morgan fingerprint density at radius 1 is 0.431 bits per heavy atom. The summed E-state index contributed by atoms with van der Waals surface area (Å²) in [6.45, 7) is 0. The van der Waals surface area contributed by atoms with Gasteiger partial charge < -0.3 is 9.47 Å². The molecule has 20 heteroatoms. The number of benzene rings is 5. The van der Waals surface area contributed by atoms with Crippen LogP contribution >= 0.6 is 0 Å². The first-order valence-electron chi connectivity index (χ1n) is 15.2. The fourth-order valence-corrected chi connectivity index (χ4v) is 5.56. The average molecular weight is 820 g/mol. The van der Waals surface area contributed by atoms with Gasteiger partial charge in [-0.3, -0.25) is 0 Å². The third-order valence-electron chi connectivity index (χ3n) is 7.97. The van der Waals surface area contributed by atoms with Gasteiger partial charge in [-0.05, 0) is 58.7 Å². The van der Waals surface area contributed by atoms with Gasteiger partial charge in [-0.15, -0.1) is 26.3 Å². The van der Waals surface area contributed by atoms with Crippen LogP contribution in [-0.4, -0.2) is 12.7 Å².